The van der Waals surface area contributed by atoms with E-state index in [9.17, 15) is 9.59 Å². The fraction of sp³-hybridized carbons (Fsp3) is 0.440. The number of ether oxygens (including phenoxy) is 3. The van der Waals surface area contributed by atoms with Crippen LogP contribution in [0.1, 0.15) is 48.6 Å². The number of rotatable bonds is 8. The van der Waals surface area contributed by atoms with Crippen LogP contribution in [0.5, 0.6) is 11.5 Å². The molecule has 2 aromatic rings. The molecular weight excluding hydrogens is 408 g/mol. The average molecular weight is 441 g/mol. The predicted molar refractivity (Wildman–Crippen MR) is 122 cm³/mol. The number of aryl methyl sites for hydroxylation is 1. The number of nitrogens with zero attached hydrogens (tertiary/aromatic N) is 1. The van der Waals surface area contributed by atoms with Gasteiger partial charge in [0.05, 0.1) is 32.8 Å². The van der Waals surface area contributed by atoms with Crippen LogP contribution in [0, 0.1) is 6.92 Å². The first-order chi connectivity index (χ1) is 15.5. The van der Waals surface area contributed by atoms with Crippen molar-refractivity contribution >= 4 is 12.0 Å². The van der Waals surface area contributed by atoms with Crippen LogP contribution in [0.15, 0.2) is 36.4 Å². The van der Waals surface area contributed by atoms with E-state index in [0.717, 1.165) is 16.7 Å². The molecule has 7 nitrogen and oxygen atoms in total. The van der Waals surface area contributed by atoms with E-state index in [-0.39, 0.29) is 18.4 Å². The number of fused-ring (bicyclic) bond motifs is 1. The van der Waals surface area contributed by atoms with Gasteiger partial charge < -0.3 is 24.4 Å². The summed E-state index contributed by atoms with van der Waals surface area (Å²) < 4.78 is 16.5. The highest BCUT2D eigenvalue weighted by molar-refractivity contribution is 5.77. The second-order valence-electron chi connectivity index (χ2n) is 7.75. The Labute approximate surface area is 189 Å². The molecule has 0 aromatic heterocycles. The number of benzene rings is 2. The van der Waals surface area contributed by atoms with Crippen LogP contribution in [0.2, 0.25) is 0 Å². The number of carbonyl (C=O) groups excluding carboxylic acids is 2. The smallest absolute Gasteiger partial charge is 0.318 e. The lowest BCUT2D eigenvalue weighted by Crippen LogP contribution is -2.46. The minimum Gasteiger partial charge on any atom is -0.490 e. The largest absolute Gasteiger partial charge is 0.490 e. The standard InChI is InChI=1S/C25H32N2O5/c1-5-31-22-13-19-11-12-27(25(29)26-16-18-9-7-17(3)8-10-18)21(15-24(28)30-4)20(19)14-23(22)32-6-2/h7-10,13-14,21H,5-6,11-12,15-16H2,1-4H3,(H,26,29). The maximum absolute atomic E-state index is 13.1. The first-order valence-electron chi connectivity index (χ1n) is 11.1. The molecule has 3 rings (SSSR count). The van der Waals surface area contributed by atoms with Crippen LogP contribution in [0.3, 0.4) is 0 Å². The SMILES string of the molecule is CCOc1cc2c(cc1OCC)C(CC(=O)OC)N(C(=O)NCc1ccc(C)cc1)CC2. The van der Waals surface area contributed by atoms with Crippen molar-refractivity contribution in [3.05, 3.63) is 58.7 Å². The van der Waals surface area contributed by atoms with Crippen molar-refractivity contribution in [1.29, 1.82) is 0 Å². The van der Waals surface area contributed by atoms with E-state index in [2.05, 4.69) is 5.32 Å². The summed E-state index contributed by atoms with van der Waals surface area (Å²) in [5.41, 5.74) is 4.13. The predicted octanol–water partition coefficient (Wildman–Crippen LogP) is 4.16. The number of esters is 1. The van der Waals surface area contributed by atoms with Gasteiger partial charge in [-0.15, -0.1) is 0 Å². The summed E-state index contributed by atoms with van der Waals surface area (Å²) in [6, 6.07) is 11.2. The maximum Gasteiger partial charge on any atom is 0.318 e. The molecule has 1 aliphatic rings. The molecule has 1 heterocycles. The van der Waals surface area contributed by atoms with E-state index in [1.165, 1.54) is 12.7 Å². The van der Waals surface area contributed by atoms with Crippen LogP contribution in [0.4, 0.5) is 4.79 Å². The van der Waals surface area contributed by atoms with Crippen molar-refractivity contribution in [2.75, 3.05) is 26.9 Å². The number of carbonyl (C=O) groups is 2. The molecule has 2 amide bonds. The maximum atomic E-state index is 13.1. The second-order valence-corrected chi connectivity index (χ2v) is 7.75. The zero-order chi connectivity index (χ0) is 23.1. The fourth-order valence-corrected chi connectivity index (χ4v) is 3.94. The molecule has 0 saturated carbocycles. The first kappa shape index (κ1) is 23.4. The van der Waals surface area contributed by atoms with Crippen molar-refractivity contribution in [3.8, 4) is 11.5 Å². The molecule has 0 aliphatic carbocycles. The highest BCUT2D eigenvalue weighted by Gasteiger charge is 2.34. The molecule has 0 bridgehead atoms. The number of nitrogens with one attached hydrogen (secondary N) is 1. The van der Waals surface area contributed by atoms with Gasteiger partial charge >= 0.3 is 12.0 Å². The van der Waals surface area contributed by atoms with Gasteiger partial charge in [-0.2, -0.15) is 0 Å². The summed E-state index contributed by atoms with van der Waals surface area (Å²) in [6.45, 7) is 7.79. The van der Waals surface area contributed by atoms with Gasteiger partial charge in [0.2, 0.25) is 0 Å². The minimum atomic E-state index is -0.445. The van der Waals surface area contributed by atoms with Crippen molar-refractivity contribution in [1.82, 2.24) is 10.2 Å². The summed E-state index contributed by atoms with van der Waals surface area (Å²) in [4.78, 5) is 27.0. The lowest BCUT2D eigenvalue weighted by molar-refractivity contribution is -0.141. The molecule has 0 spiro atoms. The van der Waals surface area contributed by atoms with Gasteiger partial charge in [0.25, 0.3) is 0 Å². The molecule has 0 radical (unpaired) electrons. The Kier molecular flexibility index (Phi) is 7.98. The molecule has 0 saturated heterocycles. The molecule has 32 heavy (non-hydrogen) atoms. The highest BCUT2D eigenvalue weighted by Crippen LogP contribution is 2.40. The van der Waals surface area contributed by atoms with Crippen LogP contribution < -0.4 is 14.8 Å². The number of methoxy groups -OCH3 is 1. The molecule has 172 valence electrons. The molecule has 2 aromatic carbocycles. The van der Waals surface area contributed by atoms with E-state index in [1.807, 2.05) is 57.2 Å². The molecule has 1 atom stereocenters. The van der Waals surface area contributed by atoms with Crippen LogP contribution in [-0.2, 0) is 22.5 Å². The molecular formula is C25H32N2O5. The van der Waals surface area contributed by atoms with E-state index in [0.29, 0.717) is 44.2 Å². The quantitative estimate of drug-likeness (QED) is 0.624. The normalized spacial score (nSPS) is 15.0. The van der Waals surface area contributed by atoms with E-state index in [1.54, 1.807) is 4.90 Å². The third-order valence-electron chi connectivity index (χ3n) is 5.58. The fourth-order valence-electron chi connectivity index (χ4n) is 3.94. The van der Waals surface area contributed by atoms with Crippen molar-refractivity contribution in [2.45, 2.75) is 46.2 Å². The van der Waals surface area contributed by atoms with Gasteiger partial charge in [0.15, 0.2) is 11.5 Å². The molecule has 1 aliphatic heterocycles. The van der Waals surface area contributed by atoms with Gasteiger partial charge in [-0.1, -0.05) is 29.8 Å². The Hall–Kier alpha value is -3.22. The Morgan fingerprint density at radius 3 is 2.34 bits per heavy atom. The Bertz CT molecular complexity index is 942. The second kappa shape index (κ2) is 10.9. The van der Waals surface area contributed by atoms with E-state index in [4.69, 9.17) is 14.2 Å². The number of hydrogen-bond acceptors (Lipinski definition) is 5. The lowest BCUT2D eigenvalue weighted by Gasteiger charge is -2.37. The van der Waals surface area contributed by atoms with Crippen LogP contribution >= 0.6 is 0 Å². The average Bonchev–Trinajstić information content (AvgIpc) is 2.79. The van der Waals surface area contributed by atoms with Gasteiger partial charge in [-0.25, -0.2) is 4.79 Å². The zero-order valence-corrected chi connectivity index (χ0v) is 19.3. The van der Waals surface area contributed by atoms with Crippen LogP contribution in [0.25, 0.3) is 0 Å². The van der Waals surface area contributed by atoms with Gasteiger partial charge in [0, 0.05) is 13.1 Å². The molecule has 0 fully saturated rings. The van der Waals surface area contributed by atoms with Crippen LogP contribution in [-0.4, -0.2) is 43.8 Å². The van der Waals surface area contributed by atoms with Gasteiger partial charge in [-0.05, 0) is 56.0 Å². The summed E-state index contributed by atoms with van der Waals surface area (Å²) in [5.74, 6) is 0.929. The Morgan fingerprint density at radius 2 is 1.72 bits per heavy atom. The molecule has 1 unspecified atom stereocenters. The van der Waals surface area contributed by atoms with Gasteiger partial charge in [0.1, 0.15) is 0 Å². The van der Waals surface area contributed by atoms with Crippen molar-refractivity contribution in [3.63, 3.8) is 0 Å². The number of hydrogen-bond donors (Lipinski definition) is 1. The Balaban J connectivity index is 1.87. The topological polar surface area (TPSA) is 77.1 Å². The summed E-state index contributed by atoms with van der Waals surface area (Å²) in [6.07, 6.45) is 0.735. The highest BCUT2D eigenvalue weighted by atomic mass is 16.5. The number of urea groups is 1. The summed E-state index contributed by atoms with van der Waals surface area (Å²) in [7, 11) is 1.36. The van der Waals surface area contributed by atoms with E-state index >= 15 is 0 Å². The van der Waals surface area contributed by atoms with E-state index < -0.39 is 6.04 Å². The lowest BCUT2D eigenvalue weighted by atomic mass is 9.90. The van der Waals surface area contributed by atoms with Crippen molar-refractivity contribution in [2.24, 2.45) is 0 Å². The van der Waals surface area contributed by atoms with Gasteiger partial charge in [-0.3, -0.25) is 4.79 Å². The third kappa shape index (κ3) is 5.52. The minimum absolute atomic E-state index is 0.0704. The van der Waals surface area contributed by atoms with Crippen molar-refractivity contribution < 1.29 is 23.8 Å². The summed E-state index contributed by atoms with van der Waals surface area (Å²) >= 11 is 0. The summed E-state index contributed by atoms with van der Waals surface area (Å²) in [5, 5.41) is 2.99. The number of amides is 2. The third-order valence-corrected chi connectivity index (χ3v) is 5.58. The molecule has 7 heteroatoms. The Morgan fingerprint density at radius 1 is 1.06 bits per heavy atom. The zero-order valence-electron chi connectivity index (χ0n) is 19.3. The monoisotopic (exact) mass is 440 g/mol. The first-order valence-corrected chi connectivity index (χ1v) is 11.1. The molecule has 1 N–H and O–H groups in total.